The molecule has 1 aromatic rings. The van der Waals surface area contributed by atoms with Crippen molar-refractivity contribution >= 4 is 30.2 Å². The molecule has 1 heterocycles. The first kappa shape index (κ1) is 25.6. The lowest BCUT2D eigenvalue weighted by Crippen LogP contribution is -2.46. The highest BCUT2D eigenvalue weighted by atomic mass is 32.2. The largest absolute Gasteiger partial charge is 0.523 e. The van der Waals surface area contributed by atoms with Gasteiger partial charge >= 0.3 is 15.6 Å². The zero-order valence-corrected chi connectivity index (χ0v) is 19.7. The number of rotatable bonds is 8. The summed E-state index contributed by atoms with van der Waals surface area (Å²) in [6, 6.07) is 4.71. The fourth-order valence-electron chi connectivity index (χ4n) is 2.43. The number of hydrogen-bond donors (Lipinski definition) is 1. The number of anilines is 1. The van der Waals surface area contributed by atoms with Crippen molar-refractivity contribution in [2.75, 3.05) is 18.6 Å². The van der Waals surface area contributed by atoms with E-state index in [-0.39, 0.29) is 11.6 Å². The molecule has 176 valence electrons. The Labute approximate surface area is 180 Å². The van der Waals surface area contributed by atoms with Crippen LogP contribution in [0.15, 0.2) is 24.3 Å². The van der Waals surface area contributed by atoms with Crippen molar-refractivity contribution in [3.05, 3.63) is 29.8 Å². The van der Waals surface area contributed by atoms with Crippen LogP contribution in [0.3, 0.4) is 0 Å². The minimum absolute atomic E-state index is 0.0555. The molecule has 1 unspecified atom stereocenters. The Morgan fingerprint density at radius 3 is 2.39 bits per heavy atom. The van der Waals surface area contributed by atoms with Crippen LogP contribution in [-0.2, 0) is 18.7 Å². The average Bonchev–Trinajstić information content (AvgIpc) is 2.62. The topological polar surface area (TPSA) is 73.9 Å². The number of nitrogens with one attached hydrogen (secondary N) is 1. The number of benzene rings is 1. The van der Waals surface area contributed by atoms with Gasteiger partial charge in [-0.2, -0.15) is 21.6 Å². The van der Waals surface area contributed by atoms with Crippen molar-refractivity contribution in [3.63, 3.8) is 0 Å². The van der Waals surface area contributed by atoms with Gasteiger partial charge in [0, 0.05) is 11.8 Å². The molecule has 31 heavy (non-hydrogen) atoms. The smallest absolute Gasteiger partial charge is 0.491 e. The van der Waals surface area contributed by atoms with Crippen molar-refractivity contribution in [1.82, 2.24) is 0 Å². The number of hydrogen-bond acceptors (Lipinski definition) is 6. The van der Waals surface area contributed by atoms with Gasteiger partial charge in [-0.3, -0.25) is 0 Å². The normalized spacial score (nSPS) is 18.3. The summed E-state index contributed by atoms with van der Waals surface area (Å²) in [5, 5.41) is 2.46. The maximum Gasteiger partial charge on any atom is 0.523 e. The molecule has 2 atom stereocenters. The standard InChI is InChI=1S/C19H27F4NO5SSi/c1-18(2,3)31(4,5)29-15(11-20)12-27-14-8-6-13-7-9-17(24-16(13)10-14)28-30(25,26)19(21,22)23/h6-10,15,17,24H,11-12H2,1-5H3/t15?,17-/m1/s1. The number of alkyl halides is 4. The molecule has 0 saturated heterocycles. The van der Waals surface area contributed by atoms with Gasteiger partial charge in [0.05, 0.1) is 0 Å². The summed E-state index contributed by atoms with van der Waals surface area (Å²) in [5.41, 5.74) is -4.63. The van der Waals surface area contributed by atoms with Gasteiger partial charge in [-0.1, -0.05) is 26.8 Å². The Morgan fingerprint density at radius 1 is 1.19 bits per heavy atom. The average molecular weight is 486 g/mol. The van der Waals surface area contributed by atoms with Crippen LogP contribution in [0.4, 0.5) is 23.2 Å². The van der Waals surface area contributed by atoms with Crippen molar-refractivity contribution in [2.24, 2.45) is 0 Å². The molecule has 2 rings (SSSR count). The maximum atomic E-state index is 13.5. The van der Waals surface area contributed by atoms with Gasteiger partial charge in [-0.25, -0.2) is 8.57 Å². The molecule has 0 fully saturated rings. The molecule has 0 aromatic heterocycles. The highest BCUT2D eigenvalue weighted by Gasteiger charge is 2.48. The van der Waals surface area contributed by atoms with Gasteiger partial charge in [0.15, 0.2) is 14.5 Å². The summed E-state index contributed by atoms with van der Waals surface area (Å²) in [4.78, 5) is 0. The zero-order valence-electron chi connectivity index (χ0n) is 17.9. The summed E-state index contributed by atoms with van der Waals surface area (Å²) in [5.74, 6) is 0.316. The van der Waals surface area contributed by atoms with Crippen LogP contribution >= 0.6 is 0 Å². The van der Waals surface area contributed by atoms with Crippen LogP contribution in [0.2, 0.25) is 18.1 Å². The van der Waals surface area contributed by atoms with Gasteiger partial charge in [0.25, 0.3) is 0 Å². The maximum absolute atomic E-state index is 13.5. The third-order valence-electron chi connectivity index (χ3n) is 5.16. The summed E-state index contributed by atoms with van der Waals surface area (Å²) in [6.07, 6.45) is 0.280. The second-order valence-electron chi connectivity index (χ2n) is 8.63. The van der Waals surface area contributed by atoms with Gasteiger partial charge < -0.3 is 14.5 Å². The monoisotopic (exact) mass is 485 g/mol. The Bertz CT molecular complexity index is 913. The van der Waals surface area contributed by atoms with E-state index in [0.29, 0.717) is 17.0 Å². The van der Waals surface area contributed by atoms with E-state index in [9.17, 15) is 26.0 Å². The van der Waals surface area contributed by atoms with Crippen LogP contribution in [-0.4, -0.2) is 47.9 Å². The molecule has 12 heteroatoms. The molecule has 1 N–H and O–H groups in total. The Kier molecular flexibility index (Phi) is 7.51. The third kappa shape index (κ3) is 6.43. The third-order valence-corrected chi connectivity index (χ3v) is 10.7. The summed E-state index contributed by atoms with van der Waals surface area (Å²) in [6.45, 7) is 9.32. The van der Waals surface area contributed by atoms with Crippen LogP contribution < -0.4 is 10.1 Å². The molecule has 0 radical (unpaired) electrons. The SMILES string of the molecule is CC(C)(C)[Si](C)(C)OC(CF)COc1ccc2c(c1)N[C@H](OS(=O)(=O)C(F)(F)F)C=C2. The molecule has 0 spiro atoms. The van der Waals surface area contributed by atoms with E-state index in [1.54, 1.807) is 12.1 Å². The fraction of sp³-hybridized carbons (Fsp3) is 0.579. The molecular formula is C19H27F4NO5SSi. The van der Waals surface area contributed by atoms with Crippen molar-refractivity contribution < 1.29 is 39.3 Å². The molecule has 1 aliphatic heterocycles. The number of ether oxygens (including phenoxy) is 1. The molecule has 0 saturated carbocycles. The van der Waals surface area contributed by atoms with Crippen LogP contribution in [0, 0.1) is 0 Å². The molecule has 0 amide bonds. The summed E-state index contributed by atoms with van der Waals surface area (Å²) in [7, 11) is -7.97. The Balaban J connectivity index is 2.05. The fourth-order valence-corrected chi connectivity index (χ4v) is 4.24. The van der Waals surface area contributed by atoms with E-state index in [1.807, 2.05) is 33.9 Å². The predicted molar refractivity (Wildman–Crippen MR) is 112 cm³/mol. The van der Waals surface area contributed by atoms with E-state index in [0.717, 1.165) is 6.08 Å². The second kappa shape index (κ2) is 9.08. The van der Waals surface area contributed by atoms with Gasteiger partial charge in [0.2, 0.25) is 0 Å². The molecule has 0 bridgehead atoms. The highest BCUT2D eigenvalue weighted by molar-refractivity contribution is 7.87. The van der Waals surface area contributed by atoms with Crippen LogP contribution in [0.25, 0.3) is 6.08 Å². The first-order chi connectivity index (χ1) is 14.1. The van der Waals surface area contributed by atoms with Crippen molar-refractivity contribution in [2.45, 2.75) is 56.7 Å². The van der Waals surface area contributed by atoms with Crippen LogP contribution in [0.5, 0.6) is 5.75 Å². The molecule has 1 aromatic carbocycles. The first-order valence-corrected chi connectivity index (χ1v) is 13.8. The first-order valence-electron chi connectivity index (χ1n) is 9.51. The van der Waals surface area contributed by atoms with E-state index >= 15 is 0 Å². The lowest BCUT2D eigenvalue weighted by atomic mass is 10.1. The molecule has 6 nitrogen and oxygen atoms in total. The molecule has 1 aliphatic rings. The van der Waals surface area contributed by atoms with E-state index in [2.05, 4.69) is 9.50 Å². The quantitative estimate of drug-likeness (QED) is 0.240. The number of halogens is 4. The van der Waals surface area contributed by atoms with Gasteiger partial charge in [0.1, 0.15) is 25.1 Å². The molecule has 0 aliphatic carbocycles. The van der Waals surface area contributed by atoms with Crippen molar-refractivity contribution in [1.29, 1.82) is 0 Å². The zero-order chi connectivity index (χ0) is 23.7. The minimum atomic E-state index is -5.76. The van der Waals surface area contributed by atoms with Gasteiger partial charge in [-0.05, 0) is 41.9 Å². The lowest BCUT2D eigenvalue weighted by Gasteiger charge is -2.38. The number of fused-ring (bicyclic) bond motifs is 1. The lowest BCUT2D eigenvalue weighted by molar-refractivity contribution is -0.0553. The van der Waals surface area contributed by atoms with Crippen LogP contribution in [0.1, 0.15) is 26.3 Å². The predicted octanol–water partition coefficient (Wildman–Crippen LogP) is 5.06. The molecular weight excluding hydrogens is 458 g/mol. The highest BCUT2D eigenvalue weighted by Crippen LogP contribution is 2.37. The second-order valence-corrected chi connectivity index (χ2v) is 15.0. The Morgan fingerprint density at radius 2 is 1.84 bits per heavy atom. The summed E-state index contributed by atoms with van der Waals surface area (Å²) >= 11 is 0. The van der Waals surface area contributed by atoms with E-state index < -0.39 is 43.0 Å². The summed E-state index contributed by atoms with van der Waals surface area (Å²) < 4.78 is 89.3. The van der Waals surface area contributed by atoms with E-state index in [1.165, 1.54) is 12.1 Å². The Hall–Kier alpha value is -1.63. The minimum Gasteiger partial charge on any atom is -0.491 e. The van der Waals surface area contributed by atoms with Gasteiger partial charge in [-0.15, -0.1) is 0 Å². The van der Waals surface area contributed by atoms with E-state index in [4.69, 9.17) is 9.16 Å². The van der Waals surface area contributed by atoms with Crippen molar-refractivity contribution in [3.8, 4) is 5.75 Å².